The van der Waals surface area contributed by atoms with Crippen LogP contribution < -0.4 is 15.4 Å². The smallest absolute Gasteiger partial charge is 0.123 e. The van der Waals surface area contributed by atoms with Crippen molar-refractivity contribution in [3.8, 4) is 5.75 Å². The van der Waals surface area contributed by atoms with Gasteiger partial charge in [-0.2, -0.15) is 0 Å². The molecular weight excluding hydrogens is 262 g/mol. The first-order valence-corrected chi connectivity index (χ1v) is 7.29. The van der Waals surface area contributed by atoms with E-state index in [2.05, 4.69) is 16.8 Å². The fourth-order valence-electron chi connectivity index (χ4n) is 2.22. The fourth-order valence-corrected chi connectivity index (χ4v) is 2.22. The highest BCUT2D eigenvalue weighted by Gasteiger charge is 2.09. The summed E-state index contributed by atoms with van der Waals surface area (Å²) in [6, 6.07) is 9.95. The maximum absolute atomic E-state index is 6.00. The van der Waals surface area contributed by atoms with E-state index >= 15 is 0 Å². The monoisotopic (exact) mass is 285 g/mol. The van der Waals surface area contributed by atoms with E-state index in [1.165, 1.54) is 5.56 Å². The lowest BCUT2D eigenvalue weighted by Gasteiger charge is -2.24. The molecule has 1 aromatic carbocycles. The van der Waals surface area contributed by atoms with Crippen LogP contribution in [0.5, 0.6) is 5.75 Å². The number of pyridine rings is 1. The van der Waals surface area contributed by atoms with Gasteiger partial charge in [0.2, 0.25) is 0 Å². The minimum atomic E-state index is 0.134. The van der Waals surface area contributed by atoms with Gasteiger partial charge < -0.3 is 15.4 Å². The van der Waals surface area contributed by atoms with E-state index in [0.717, 1.165) is 30.2 Å². The zero-order valence-corrected chi connectivity index (χ0v) is 12.9. The summed E-state index contributed by atoms with van der Waals surface area (Å²) in [5, 5.41) is 0. The number of anilines is 2. The first kappa shape index (κ1) is 15.2. The Balaban J connectivity index is 2.23. The minimum Gasteiger partial charge on any atom is -0.491 e. The number of benzene rings is 1. The van der Waals surface area contributed by atoms with Crippen molar-refractivity contribution in [3.05, 3.63) is 48.3 Å². The van der Waals surface area contributed by atoms with Gasteiger partial charge in [-0.05, 0) is 44.5 Å². The van der Waals surface area contributed by atoms with Crippen LogP contribution in [0.1, 0.15) is 26.3 Å². The van der Waals surface area contributed by atoms with E-state index in [4.69, 9.17) is 10.5 Å². The Hall–Kier alpha value is -2.23. The Morgan fingerprint density at radius 3 is 2.52 bits per heavy atom. The van der Waals surface area contributed by atoms with Crippen LogP contribution in [0, 0.1) is 0 Å². The maximum atomic E-state index is 6.00. The lowest BCUT2D eigenvalue weighted by molar-refractivity contribution is 0.242. The molecular formula is C17H23N3O. The Kier molecular flexibility index (Phi) is 5.04. The van der Waals surface area contributed by atoms with Crippen molar-refractivity contribution >= 4 is 11.4 Å². The molecule has 0 fully saturated rings. The summed E-state index contributed by atoms with van der Waals surface area (Å²) in [6.45, 7) is 7.87. The van der Waals surface area contributed by atoms with Crippen molar-refractivity contribution < 1.29 is 4.74 Å². The Morgan fingerprint density at radius 2 is 1.90 bits per heavy atom. The molecule has 0 atom stereocenters. The zero-order valence-electron chi connectivity index (χ0n) is 12.9. The highest BCUT2D eigenvalue weighted by molar-refractivity contribution is 5.60. The average Bonchev–Trinajstić information content (AvgIpc) is 2.44. The molecule has 21 heavy (non-hydrogen) atoms. The summed E-state index contributed by atoms with van der Waals surface area (Å²) < 4.78 is 5.76. The average molecular weight is 285 g/mol. The Morgan fingerprint density at radius 1 is 1.19 bits per heavy atom. The molecule has 0 radical (unpaired) electrons. The number of ether oxygens (including phenoxy) is 1. The van der Waals surface area contributed by atoms with Crippen LogP contribution in [0.4, 0.5) is 11.4 Å². The molecule has 112 valence electrons. The highest BCUT2D eigenvalue weighted by Crippen LogP contribution is 2.27. The molecule has 4 heteroatoms. The van der Waals surface area contributed by atoms with Crippen LogP contribution in [0.15, 0.2) is 42.7 Å². The number of nitrogen functional groups attached to an aromatic ring is 1. The standard InChI is InChI=1S/C17H23N3O/c1-4-20(12-14-5-7-19-8-6-14)16-9-15(18)10-17(11-16)21-13(2)3/h5-11,13H,4,12,18H2,1-3H3. The first-order valence-electron chi connectivity index (χ1n) is 7.29. The Labute approximate surface area is 126 Å². The third kappa shape index (κ3) is 4.38. The Bertz CT molecular complexity index is 570. The number of rotatable bonds is 6. The van der Waals surface area contributed by atoms with Crippen LogP contribution in [0.25, 0.3) is 0 Å². The number of hydrogen-bond donors (Lipinski definition) is 1. The predicted molar refractivity (Wildman–Crippen MR) is 87.6 cm³/mol. The van der Waals surface area contributed by atoms with Crippen LogP contribution >= 0.6 is 0 Å². The second-order valence-corrected chi connectivity index (χ2v) is 5.30. The molecule has 0 aliphatic heterocycles. The summed E-state index contributed by atoms with van der Waals surface area (Å²) >= 11 is 0. The fraction of sp³-hybridized carbons (Fsp3) is 0.353. The van der Waals surface area contributed by atoms with Gasteiger partial charge in [0, 0.05) is 49.0 Å². The van der Waals surface area contributed by atoms with Crippen LogP contribution in [0.3, 0.4) is 0 Å². The summed E-state index contributed by atoms with van der Waals surface area (Å²) in [6.07, 6.45) is 3.76. The highest BCUT2D eigenvalue weighted by atomic mass is 16.5. The molecule has 0 saturated heterocycles. The molecule has 0 saturated carbocycles. The zero-order chi connectivity index (χ0) is 15.2. The number of aromatic nitrogens is 1. The molecule has 2 rings (SSSR count). The van der Waals surface area contributed by atoms with Gasteiger partial charge in [-0.1, -0.05) is 0 Å². The molecule has 0 bridgehead atoms. The normalized spacial score (nSPS) is 10.7. The molecule has 0 aliphatic carbocycles. The quantitative estimate of drug-likeness (QED) is 0.826. The summed E-state index contributed by atoms with van der Waals surface area (Å²) in [5.41, 5.74) is 9.02. The number of nitrogens with two attached hydrogens (primary N) is 1. The van der Waals surface area contributed by atoms with Crippen molar-refractivity contribution in [3.63, 3.8) is 0 Å². The molecule has 1 heterocycles. The van der Waals surface area contributed by atoms with Gasteiger partial charge in [0.15, 0.2) is 0 Å². The van der Waals surface area contributed by atoms with E-state index in [0.29, 0.717) is 0 Å². The van der Waals surface area contributed by atoms with E-state index in [1.54, 1.807) is 0 Å². The summed E-state index contributed by atoms with van der Waals surface area (Å²) in [4.78, 5) is 6.32. The molecule has 0 unspecified atom stereocenters. The van der Waals surface area contributed by atoms with Gasteiger partial charge in [0.1, 0.15) is 5.75 Å². The van der Waals surface area contributed by atoms with E-state index in [1.807, 2.05) is 56.6 Å². The molecule has 4 nitrogen and oxygen atoms in total. The van der Waals surface area contributed by atoms with Crippen molar-refractivity contribution in [2.45, 2.75) is 33.4 Å². The number of nitrogens with zero attached hydrogens (tertiary/aromatic N) is 2. The topological polar surface area (TPSA) is 51.4 Å². The SMILES string of the molecule is CCN(Cc1ccncc1)c1cc(N)cc(OC(C)C)c1. The minimum absolute atomic E-state index is 0.134. The van der Waals surface area contributed by atoms with Crippen LogP contribution in [0.2, 0.25) is 0 Å². The molecule has 0 aliphatic rings. The van der Waals surface area contributed by atoms with Gasteiger partial charge >= 0.3 is 0 Å². The van der Waals surface area contributed by atoms with E-state index < -0.39 is 0 Å². The van der Waals surface area contributed by atoms with Crippen molar-refractivity contribution in [1.29, 1.82) is 0 Å². The first-order chi connectivity index (χ1) is 10.1. The van der Waals surface area contributed by atoms with Gasteiger partial charge in [0.05, 0.1) is 6.10 Å². The summed E-state index contributed by atoms with van der Waals surface area (Å²) in [5.74, 6) is 0.813. The van der Waals surface area contributed by atoms with Gasteiger partial charge in [-0.15, -0.1) is 0 Å². The van der Waals surface area contributed by atoms with Gasteiger partial charge in [-0.25, -0.2) is 0 Å². The van der Waals surface area contributed by atoms with Crippen molar-refractivity contribution in [2.24, 2.45) is 0 Å². The van der Waals surface area contributed by atoms with Gasteiger partial charge in [-0.3, -0.25) is 4.98 Å². The van der Waals surface area contributed by atoms with Crippen molar-refractivity contribution in [1.82, 2.24) is 4.98 Å². The van der Waals surface area contributed by atoms with Crippen molar-refractivity contribution in [2.75, 3.05) is 17.2 Å². The van der Waals surface area contributed by atoms with E-state index in [-0.39, 0.29) is 6.10 Å². The maximum Gasteiger partial charge on any atom is 0.123 e. The second kappa shape index (κ2) is 6.97. The molecule has 2 N–H and O–H groups in total. The third-order valence-corrected chi connectivity index (χ3v) is 3.16. The van der Waals surface area contributed by atoms with E-state index in [9.17, 15) is 0 Å². The lowest BCUT2D eigenvalue weighted by atomic mass is 10.2. The number of hydrogen-bond acceptors (Lipinski definition) is 4. The molecule has 0 amide bonds. The second-order valence-electron chi connectivity index (χ2n) is 5.30. The van der Waals surface area contributed by atoms with Gasteiger partial charge in [0.25, 0.3) is 0 Å². The van der Waals surface area contributed by atoms with Crippen LogP contribution in [-0.2, 0) is 6.54 Å². The van der Waals surface area contributed by atoms with Crippen LogP contribution in [-0.4, -0.2) is 17.6 Å². The lowest BCUT2D eigenvalue weighted by Crippen LogP contribution is -2.22. The molecule has 2 aromatic rings. The molecule has 0 spiro atoms. The predicted octanol–water partition coefficient (Wildman–Crippen LogP) is 3.48. The molecule has 1 aromatic heterocycles. The largest absolute Gasteiger partial charge is 0.491 e. The summed E-state index contributed by atoms with van der Waals surface area (Å²) in [7, 11) is 0. The third-order valence-electron chi connectivity index (χ3n) is 3.16.